The van der Waals surface area contributed by atoms with Crippen molar-refractivity contribution in [1.29, 1.82) is 0 Å². The monoisotopic (exact) mass is 396 g/mol. The van der Waals surface area contributed by atoms with Gasteiger partial charge in [0.25, 0.3) is 11.3 Å². The Labute approximate surface area is 162 Å². The highest BCUT2D eigenvalue weighted by Crippen LogP contribution is 2.12. The standard InChI is InChI=1S/C20H13FN2O6/c21-12-6-8-14(9-7-12)23-18(26)15(16(24)10-17(25)19(27)28)11-22(20(23)29)13-4-2-1-3-5-13/h1-11,24H,(H,27,28)/b16-10-. The van der Waals surface area contributed by atoms with Crippen LogP contribution in [0.4, 0.5) is 4.39 Å². The zero-order chi connectivity index (χ0) is 21.1. The maximum Gasteiger partial charge on any atom is 0.376 e. The van der Waals surface area contributed by atoms with E-state index in [1.54, 1.807) is 30.3 Å². The second-order valence-electron chi connectivity index (χ2n) is 5.85. The van der Waals surface area contributed by atoms with E-state index in [0.29, 0.717) is 16.3 Å². The number of para-hydroxylation sites is 1. The third-order valence-electron chi connectivity index (χ3n) is 3.96. The molecule has 3 aromatic rings. The van der Waals surface area contributed by atoms with E-state index in [4.69, 9.17) is 5.11 Å². The molecule has 0 spiro atoms. The molecule has 2 N–H and O–H groups in total. The number of ketones is 1. The first kappa shape index (κ1) is 19.5. The smallest absolute Gasteiger partial charge is 0.376 e. The van der Waals surface area contributed by atoms with Crippen LogP contribution in [0.2, 0.25) is 0 Å². The van der Waals surface area contributed by atoms with E-state index in [2.05, 4.69) is 0 Å². The van der Waals surface area contributed by atoms with Crippen LogP contribution in [0, 0.1) is 5.82 Å². The van der Waals surface area contributed by atoms with Gasteiger partial charge >= 0.3 is 11.7 Å². The molecule has 1 aromatic heterocycles. The summed E-state index contributed by atoms with van der Waals surface area (Å²) < 4.78 is 15.0. The second-order valence-corrected chi connectivity index (χ2v) is 5.85. The predicted molar refractivity (Wildman–Crippen MR) is 101 cm³/mol. The lowest BCUT2D eigenvalue weighted by Crippen LogP contribution is -2.39. The number of hydrogen-bond donors (Lipinski definition) is 2. The molecule has 3 rings (SSSR count). The van der Waals surface area contributed by atoms with Gasteiger partial charge in [0.2, 0.25) is 0 Å². The Kier molecular flexibility index (Phi) is 5.22. The maximum absolute atomic E-state index is 13.3. The van der Waals surface area contributed by atoms with Gasteiger partial charge in [0, 0.05) is 12.3 Å². The molecular formula is C20H13FN2O6. The fraction of sp³-hybridized carbons (Fsp3) is 0. The zero-order valence-electron chi connectivity index (χ0n) is 14.7. The molecule has 0 fully saturated rings. The van der Waals surface area contributed by atoms with E-state index in [0.717, 1.165) is 22.9 Å². The number of carbonyl (C=O) groups is 2. The minimum atomic E-state index is -1.83. The van der Waals surface area contributed by atoms with E-state index >= 15 is 0 Å². The van der Waals surface area contributed by atoms with Crippen LogP contribution >= 0.6 is 0 Å². The van der Waals surface area contributed by atoms with Gasteiger partial charge < -0.3 is 10.2 Å². The van der Waals surface area contributed by atoms with Gasteiger partial charge in [0.05, 0.1) is 16.9 Å². The van der Waals surface area contributed by atoms with Gasteiger partial charge in [-0.25, -0.2) is 18.5 Å². The summed E-state index contributed by atoms with van der Waals surface area (Å²) in [6.07, 6.45) is 1.37. The Morgan fingerprint density at radius 3 is 2.10 bits per heavy atom. The van der Waals surface area contributed by atoms with Crippen LogP contribution in [0.25, 0.3) is 17.1 Å². The molecule has 9 heteroatoms. The maximum atomic E-state index is 13.3. The highest BCUT2D eigenvalue weighted by atomic mass is 19.1. The molecule has 0 amide bonds. The van der Waals surface area contributed by atoms with Crippen LogP contribution < -0.4 is 11.2 Å². The molecule has 0 saturated heterocycles. The summed E-state index contributed by atoms with van der Waals surface area (Å²) in [4.78, 5) is 47.9. The number of aliphatic hydroxyl groups is 1. The summed E-state index contributed by atoms with van der Waals surface area (Å²) in [6.45, 7) is 0. The highest BCUT2D eigenvalue weighted by Gasteiger charge is 2.19. The Hall–Kier alpha value is -4.27. The molecule has 0 unspecified atom stereocenters. The molecule has 29 heavy (non-hydrogen) atoms. The first-order chi connectivity index (χ1) is 13.8. The van der Waals surface area contributed by atoms with Gasteiger partial charge in [0.15, 0.2) is 0 Å². The van der Waals surface area contributed by atoms with Crippen LogP contribution in [0.3, 0.4) is 0 Å². The lowest BCUT2D eigenvalue weighted by atomic mass is 10.2. The van der Waals surface area contributed by atoms with Crippen LogP contribution in [0.1, 0.15) is 5.56 Å². The number of hydrogen-bond acceptors (Lipinski definition) is 5. The molecule has 2 aromatic carbocycles. The summed E-state index contributed by atoms with van der Waals surface area (Å²) in [7, 11) is 0. The van der Waals surface area contributed by atoms with Crippen molar-refractivity contribution in [3.05, 3.63) is 99.1 Å². The van der Waals surface area contributed by atoms with Crippen LogP contribution in [-0.2, 0) is 9.59 Å². The summed E-state index contributed by atoms with van der Waals surface area (Å²) >= 11 is 0. The molecule has 1 heterocycles. The van der Waals surface area contributed by atoms with Crippen LogP contribution in [0.15, 0.2) is 76.5 Å². The number of carbonyl (C=O) groups excluding carboxylic acids is 1. The number of halogens is 1. The summed E-state index contributed by atoms with van der Waals surface area (Å²) in [6, 6.07) is 12.6. The second kappa shape index (κ2) is 7.77. The molecule has 0 radical (unpaired) electrons. The van der Waals surface area contributed by atoms with Crippen molar-refractivity contribution in [3.8, 4) is 11.4 Å². The molecule has 8 nitrogen and oxygen atoms in total. The molecule has 0 atom stereocenters. The average Bonchev–Trinajstić information content (AvgIpc) is 2.70. The SMILES string of the molecule is O=C(O)C(=O)/C=C(\O)c1cn(-c2ccccc2)c(=O)n(-c2ccc(F)cc2)c1=O. The third-order valence-corrected chi connectivity index (χ3v) is 3.96. The van der Waals surface area contributed by atoms with E-state index < -0.39 is 40.1 Å². The molecule has 0 aliphatic rings. The average molecular weight is 396 g/mol. The van der Waals surface area contributed by atoms with Crippen molar-refractivity contribution in [3.63, 3.8) is 0 Å². The van der Waals surface area contributed by atoms with Gasteiger partial charge in [-0.3, -0.25) is 14.2 Å². The molecule has 0 aliphatic carbocycles. The number of carboxylic acids is 1. The van der Waals surface area contributed by atoms with Crippen molar-refractivity contribution >= 4 is 17.5 Å². The largest absolute Gasteiger partial charge is 0.507 e. The first-order valence-corrected chi connectivity index (χ1v) is 8.18. The molecule has 0 saturated carbocycles. The number of aliphatic carboxylic acids is 1. The number of nitrogens with zero attached hydrogens (tertiary/aromatic N) is 2. The summed E-state index contributed by atoms with van der Waals surface area (Å²) in [5.74, 6) is -4.79. The number of carboxylic acid groups (broad SMARTS) is 1. The molecule has 146 valence electrons. The number of aromatic nitrogens is 2. The van der Waals surface area contributed by atoms with Crippen LogP contribution in [0.5, 0.6) is 0 Å². The van der Waals surface area contributed by atoms with Gasteiger partial charge in [-0.15, -0.1) is 0 Å². The van der Waals surface area contributed by atoms with Gasteiger partial charge in [-0.2, -0.15) is 0 Å². The highest BCUT2D eigenvalue weighted by molar-refractivity contribution is 6.38. The number of rotatable bonds is 5. The van der Waals surface area contributed by atoms with E-state index in [9.17, 15) is 28.7 Å². The van der Waals surface area contributed by atoms with Crippen molar-refractivity contribution in [1.82, 2.24) is 9.13 Å². The predicted octanol–water partition coefficient (Wildman–Crippen LogP) is 1.68. The molecular weight excluding hydrogens is 383 g/mol. The Bertz CT molecular complexity index is 1240. The van der Waals surface area contributed by atoms with E-state index in [1.807, 2.05) is 0 Å². The fourth-order valence-corrected chi connectivity index (χ4v) is 2.59. The number of benzene rings is 2. The Morgan fingerprint density at radius 1 is 0.897 bits per heavy atom. The zero-order valence-corrected chi connectivity index (χ0v) is 14.7. The summed E-state index contributed by atoms with van der Waals surface area (Å²) in [5.41, 5.74) is -1.96. The van der Waals surface area contributed by atoms with Crippen molar-refractivity contribution in [2.75, 3.05) is 0 Å². The number of aliphatic hydroxyl groups excluding tert-OH is 1. The molecule has 0 aliphatic heterocycles. The lowest BCUT2D eigenvalue weighted by molar-refractivity contribution is -0.146. The minimum absolute atomic E-state index is 0.0188. The Morgan fingerprint density at radius 2 is 1.52 bits per heavy atom. The van der Waals surface area contributed by atoms with Gasteiger partial charge in [-0.1, -0.05) is 18.2 Å². The first-order valence-electron chi connectivity index (χ1n) is 8.18. The van der Waals surface area contributed by atoms with E-state index in [1.165, 1.54) is 12.1 Å². The minimum Gasteiger partial charge on any atom is -0.507 e. The van der Waals surface area contributed by atoms with Gasteiger partial charge in [0.1, 0.15) is 11.6 Å². The lowest BCUT2D eigenvalue weighted by Gasteiger charge is -2.13. The normalized spacial score (nSPS) is 11.3. The van der Waals surface area contributed by atoms with Crippen molar-refractivity contribution < 1.29 is 24.2 Å². The summed E-state index contributed by atoms with van der Waals surface area (Å²) in [5, 5.41) is 18.9. The fourth-order valence-electron chi connectivity index (χ4n) is 2.59. The quantitative estimate of drug-likeness (QED) is 0.385. The third kappa shape index (κ3) is 3.88. The molecule has 0 bridgehead atoms. The van der Waals surface area contributed by atoms with E-state index in [-0.39, 0.29) is 5.69 Å². The van der Waals surface area contributed by atoms with Gasteiger partial charge in [-0.05, 0) is 36.4 Å². The van der Waals surface area contributed by atoms with Crippen LogP contribution in [-0.4, -0.2) is 31.1 Å². The Balaban J connectivity index is 2.35. The van der Waals surface area contributed by atoms with Crippen molar-refractivity contribution in [2.24, 2.45) is 0 Å². The van der Waals surface area contributed by atoms with Crippen molar-refractivity contribution in [2.45, 2.75) is 0 Å². The topological polar surface area (TPSA) is 119 Å².